The quantitative estimate of drug-likeness (QED) is 0.529. The monoisotopic (exact) mass is 385 g/mol. The van der Waals surface area contributed by atoms with Crippen LogP contribution in [-0.4, -0.2) is 20.1 Å². The van der Waals surface area contributed by atoms with Crippen LogP contribution in [-0.2, 0) is 0 Å². The van der Waals surface area contributed by atoms with E-state index in [-0.39, 0.29) is 40.9 Å². The van der Waals surface area contributed by atoms with Gasteiger partial charge in [0.05, 0.1) is 19.9 Å². The van der Waals surface area contributed by atoms with Gasteiger partial charge in [0.15, 0.2) is 0 Å². The van der Waals surface area contributed by atoms with E-state index < -0.39 is 5.91 Å². The zero-order chi connectivity index (χ0) is 19.0. The Morgan fingerprint density at radius 3 is 2.50 bits per heavy atom. The van der Waals surface area contributed by atoms with Crippen molar-refractivity contribution in [3.05, 3.63) is 60.2 Å². The van der Waals surface area contributed by atoms with Gasteiger partial charge < -0.3 is 24.3 Å². The van der Waals surface area contributed by atoms with E-state index in [1.807, 2.05) is 24.3 Å². The molecule has 0 fully saturated rings. The standard InChI is InChI=1S/C21H17NO5.Na/c1-25-12-7-8-19(26-2)16(9-12)22-21(24)15-11-20-14(10-17(15)23)13-5-3-4-6-18(13)27-20;/h3-11,23H,1-2H3,(H,22,24);/q;+1/p-1. The van der Waals surface area contributed by atoms with Crippen molar-refractivity contribution in [1.29, 1.82) is 0 Å². The number of carbonyl (C=O) groups excluding carboxylic acids is 1. The predicted octanol–water partition coefficient (Wildman–Crippen LogP) is 0.933. The molecular weight excluding hydrogens is 369 g/mol. The Hall–Kier alpha value is -2.67. The van der Waals surface area contributed by atoms with Crippen LogP contribution in [0.2, 0.25) is 0 Å². The molecule has 3 aromatic carbocycles. The van der Waals surface area contributed by atoms with Gasteiger partial charge in [-0.05, 0) is 24.3 Å². The topological polar surface area (TPSA) is 83.8 Å². The fraction of sp³-hybridized carbons (Fsp3) is 0.0952. The van der Waals surface area contributed by atoms with Crippen molar-refractivity contribution in [3.8, 4) is 17.2 Å². The van der Waals surface area contributed by atoms with Crippen molar-refractivity contribution in [3.63, 3.8) is 0 Å². The van der Waals surface area contributed by atoms with E-state index in [1.54, 1.807) is 18.2 Å². The number of benzene rings is 3. The molecule has 0 unspecified atom stereocenters. The molecule has 1 N–H and O–H groups in total. The van der Waals surface area contributed by atoms with Gasteiger partial charge in [0.25, 0.3) is 5.91 Å². The Labute approximate surface area is 183 Å². The summed E-state index contributed by atoms with van der Waals surface area (Å²) in [6.07, 6.45) is 0. The van der Waals surface area contributed by atoms with E-state index in [4.69, 9.17) is 13.9 Å². The molecule has 0 atom stereocenters. The number of methoxy groups -OCH3 is 2. The SMILES string of the molecule is COc1ccc(OC)c(NC(=O)c2cc3oc4ccccc4c3cc2[O-])c1.[Na+]. The predicted molar refractivity (Wildman–Crippen MR) is 101 cm³/mol. The van der Waals surface area contributed by atoms with Crippen LogP contribution in [0.25, 0.3) is 21.9 Å². The Bertz CT molecular complexity index is 1170. The Morgan fingerprint density at radius 2 is 1.75 bits per heavy atom. The number of anilines is 1. The second-order valence-electron chi connectivity index (χ2n) is 5.96. The minimum atomic E-state index is -0.547. The van der Waals surface area contributed by atoms with Crippen LogP contribution in [0.15, 0.2) is 59.0 Å². The average Bonchev–Trinajstić information content (AvgIpc) is 3.04. The zero-order valence-corrected chi connectivity index (χ0v) is 17.7. The molecule has 0 saturated heterocycles. The number of carbonyl (C=O) groups is 1. The van der Waals surface area contributed by atoms with Crippen LogP contribution >= 0.6 is 0 Å². The van der Waals surface area contributed by atoms with Crippen LogP contribution in [0.1, 0.15) is 10.4 Å². The first-order valence-corrected chi connectivity index (χ1v) is 8.26. The Kier molecular flexibility index (Phi) is 5.84. The van der Waals surface area contributed by atoms with E-state index in [0.717, 1.165) is 5.39 Å². The molecule has 0 aliphatic heterocycles. The third-order valence-corrected chi connectivity index (χ3v) is 4.38. The molecule has 1 amide bonds. The third kappa shape index (κ3) is 3.54. The molecule has 0 bridgehead atoms. The first kappa shape index (κ1) is 20.1. The van der Waals surface area contributed by atoms with Gasteiger partial charge in [-0.25, -0.2) is 0 Å². The molecule has 28 heavy (non-hydrogen) atoms. The number of hydrogen-bond acceptors (Lipinski definition) is 5. The number of para-hydroxylation sites is 1. The summed E-state index contributed by atoms with van der Waals surface area (Å²) in [6.45, 7) is 0. The second kappa shape index (κ2) is 8.14. The number of ether oxygens (including phenoxy) is 2. The summed E-state index contributed by atoms with van der Waals surface area (Å²) in [7, 11) is 3.02. The Balaban J connectivity index is 0.00000225. The van der Waals surface area contributed by atoms with E-state index >= 15 is 0 Å². The normalized spacial score (nSPS) is 10.5. The second-order valence-corrected chi connectivity index (χ2v) is 5.96. The first-order chi connectivity index (χ1) is 13.1. The van der Waals surface area contributed by atoms with Crippen molar-refractivity contribution in [2.75, 3.05) is 19.5 Å². The minimum absolute atomic E-state index is 0. The van der Waals surface area contributed by atoms with Crippen LogP contribution in [0, 0.1) is 0 Å². The summed E-state index contributed by atoms with van der Waals surface area (Å²) >= 11 is 0. The number of nitrogens with one attached hydrogen (secondary N) is 1. The molecule has 1 heterocycles. The van der Waals surface area contributed by atoms with Gasteiger partial charge in [-0.1, -0.05) is 30.0 Å². The largest absolute Gasteiger partial charge is 1.00 e. The molecule has 136 valence electrons. The van der Waals surface area contributed by atoms with Gasteiger partial charge in [-0.15, -0.1) is 0 Å². The maximum Gasteiger partial charge on any atom is 1.00 e. The summed E-state index contributed by atoms with van der Waals surface area (Å²) in [6, 6.07) is 15.3. The van der Waals surface area contributed by atoms with Gasteiger partial charge >= 0.3 is 29.6 Å². The fourth-order valence-electron chi connectivity index (χ4n) is 3.03. The van der Waals surface area contributed by atoms with Crippen LogP contribution < -0.4 is 49.5 Å². The van der Waals surface area contributed by atoms with Crippen LogP contribution in [0.3, 0.4) is 0 Å². The molecule has 7 heteroatoms. The molecule has 0 aliphatic carbocycles. The van der Waals surface area contributed by atoms with Gasteiger partial charge in [-0.3, -0.25) is 4.79 Å². The summed E-state index contributed by atoms with van der Waals surface area (Å²) < 4.78 is 16.2. The van der Waals surface area contributed by atoms with E-state index in [9.17, 15) is 9.90 Å². The number of fused-ring (bicyclic) bond motifs is 3. The van der Waals surface area contributed by atoms with E-state index in [1.165, 1.54) is 26.4 Å². The maximum atomic E-state index is 12.7. The molecule has 0 saturated carbocycles. The molecule has 0 radical (unpaired) electrons. The summed E-state index contributed by atoms with van der Waals surface area (Å²) in [4.78, 5) is 12.7. The van der Waals surface area contributed by atoms with Gasteiger partial charge in [-0.2, -0.15) is 0 Å². The summed E-state index contributed by atoms with van der Waals surface area (Å²) in [5.74, 6) is 0.0879. The number of rotatable bonds is 4. The third-order valence-electron chi connectivity index (χ3n) is 4.38. The molecule has 4 rings (SSSR count). The molecular formula is C21H16NNaO5. The molecule has 4 aromatic rings. The fourth-order valence-corrected chi connectivity index (χ4v) is 3.03. The van der Waals surface area contributed by atoms with E-state index in [0.29, 0.717) is 33.7 Å². The average molecular weight is 385 g/mol. The minimum Gasteiger partial charge on any atom is -0.872 e. The van der Waals surface area contributed by atoms with Crippen molar-refractivity contribution in [1.82, 2.24) is 0 Å². The Morgan fingerprint density at radius 1 is 0.964 bits per heavy atom. The van der Waals surface area contributed by atoms with Crippen molar-refractivity contribution in [2.45, 2.75) is 0 Å². The number of hydrogen-bond donors (Lipinski definition) is 1. The van der Waals surface area contributed by atoms with Crippen LogP contribution in [0.4, 0.5) is 5.69 Å². The van der Waals surface area contributed by atoms with Gasteiger partial charge in [0.2, 0.25) is 0 Å². The summed E-state index contributed by atoms with van der Waals surface area (Å²) in [5.41, 5.74) is 1.55. The van der Waals surface area contributed by atoms with Crippen molar-refractivity contribution in [2.24, 2.45) is 0 Å². The molecule has 6 nitrogen and oxygen atoms in total. The zero-order valence-electron chi connectivity index (χ0n) is 15.7. The number of furan rings is 1. The first-order valence-electron chi connectivity index (χ1n) is 8.26. The summed E-state index contributed by atoms with van der Waals surface area (Å²) in [5, 5.41) is 16.8. The van der Waals surface area contributed by atoms with Crippen LogP contribution in [0.5, 0.6) is 17.2 Å². The van der Waals surface area contributed by atoms with Gasteiger partial charge in [0, 0.05) is 22.4 Å². The molecule has 0 aliphatic rings. The smallest absolute Gasteiger partial charge is 0.872 e. The van der Waals surface area contributed by atoms with Crippen molar-refractivity contribution >= 4 is 33.5 Å². The van der Waals surface area contributed by atoms with E-state index in [2.05, 4.69) is 5.32 Å². The molecule has 1 aromatic heterocycles. The maximum absolute atomic E-state index is 12.7. The van der Waals surface area contributed by atoms with Crippen molar-refractivity contribution < 1.29 is 53.3 Å². The number of amides is 1. The molecule has 0 spiro atoms. The van der Waals surface area contributed by atoms with Gasteiger partial charge in [0.1, 0.15) is 22.7 Å².